The summed E-state index contributed by atoms with van der Waals surface area (Å²) in [5.74, 6) is 0.492. The van der Waals surface area contributed by atoms with Gasteiger partial charge in [0.05, 0.1) is 0 Å². The fourth-order valence-electron chi connectivity index (χ4n) is 4.88. The molecule has 6 rings (SSSR count). The van der Waals surface area contributed by atoms with E-state index in [1.807, 2.05) is 36.4 Å². The molecule has 4 heteroatoms. The number of fused-ring (bicyclic) bond motifs is 1. The van der Waals surface area contributed by atoms with Crippen molar-refractivity contribution in [1.29, 1.82) is 0 Å². The number of rotatable bonds is 7. The summed E-state index contributed by atoms with van der Waals surface area (Å²) in [6.45, 7) is 9.93. The van der Waals surface area contributed by atoms with Gasteiger partial charge in [0, 0.05) is 35.9 Å². The number of allylic oxidation sites excluding steroid dienone is 1. The number of benzene rings is 3. The van der Waals surface area contributed by atoms with Gasteiger partial charge in [0.15, 0.2) is 0 Å². The third-order valence-electron chi connectivity index (χ3n) is 7.16. The first-order valence-electron chi connectivity index (χ1n) is 13.6. The Morgan fingerprint density at radius 3 is 2.37 bits per heavy atom. The van der Waals surface area contributed by atoms with Crippen LogP contribution in [0.1, 0.15) is 48.4 Å². The molecule has 2 aliphatic rings. The minimum Gasteiger partial charge on any atom is -0.383 e. The van der Waals surface area contributed by atoms with Crippen LogP contribution in [-0.4, -0.2) is 29.5 Å². The topological polar surface area (TPSA) is 31.1 Å². The molecule has 0 radical (unpaired) electrons. The predicted octanol–water partition coefficient (Wildman–Crippen LogP) is 7.98. The maximum atomic E-state index is 12.9. The van der Waals surface area contributed by atoms with Crippen LogP contribution in [0.15, 0.2) is 110 Å². The summed E-state index contributed by atoms with van der Waals surface area (Å²) < 4.78 is 12.9. The normalized spacial score (nSPS) is 16.6. The highest BCUT2D eigenvalue weighted by Crippen LogP contribution is 2.40. The van der Waals surface area contributed by atoms with Crippen LogP contribution in [0.3, 0.4) is 0 Å². The molecule has 198 valence electrons. The van der Waals surface area contributed by atoms with Gasteiger partial charge < -0.3 is 10.3 Å². The highest BCUT2D eigenvalue weighted by molar-refractivity contribution is 5.80. The molecular weight excluding hydrogens is 469 g/mol. The lowest BCUT2D eigenvalue weighted by Crippen LogP contribution is -2.32. The van der Waals surface area contributed by atoms with Crippen molar-refractivity contribution >= 4 is 10.9 Å². The minimum atomic E-state index is -0.0370. The maximum Gasteiger partial charge on any atom is 0.126 e. The Morgan fingerprint density at radius 2 is 1.71 bits per heavy atom. The number of hydrogen-bond acceptors (Lipinski definition) is 2. The van der Waals surface area contributed by atoms with Crippen LogP contribution < -0.4 is 5.32 Å². The Bertz CT molecular complexity index is 1270. The van der Waals surface area contributed by atoms with Crippen LogP contribution in [0.4, 0.5) is 4.39 Å². The zero-order chi connectivity index (χ0) is 26.7. The van der Waals surface area contributed by atoms with Crippen molar-refractivity contribution in [3.05, 3.63) is 132 Å². The molecule has 0 spiro atoms. The summed E-state index contributed by atoms with van der Waals surface area (Å²) in [5, 5.41) is 4.71. The van der Waals surface area contributed by atoms with E-state index in [0.717, 1.165) is 24.2 Å². The lowest BCUT2D eigenvalue weighted by molar-refractivity contribution is 0.334. The van der Waals surface area contributed by atoms with E-state index < -0.39 is 0 Å². The maximum absolute atomic E-state index is 12.9. The van der Waals surface area contributed by atoms with Gasteiger partial charge in [-0.3, -0.25) is 4.90 Å². The average molecular weight is 510 g/mol. The molecule has 1 unspecified atom stereocenters. The first kappa shape index (κ1) is 27.4. The first-order valence-corrected chi connectivity index (χ1v) is 13.6. The third kappa shape index (κ3) is 7.93. The fraction of sp³-hybridized carbons (Fsp3) is 0.294. The van der Waals surface area contributed by atoms with Gasteiger partial charge >= 0.3 is 0 Å². The molecule has 1 aliphatic carbocycles. The average Bonchev–Trinajstić information content (AvgIpc) is 3.56. The third-order valence-corrected chi connectivity index (χ3v) is 7.16. The molecule has 2 fully saturated rings. The van der Waals surface area contributed by atoms with E-state index in [1.165, 1.54) is 60.5 Å². The Balaban J connectivity index is 0.000000137. The van der Waals surface area contributed by atoms with E-state index in [9.17, 15) is 4.39 Å². The first-order chi connectivity index (χ1) is 18.5. The predicted molar refractivity (Wildman–Crippen MR) is 159 cm³/mol. The van der Waals surface area contributed by atoms with Crippen LogP contribution in [0.25, 0.3) is 10.9 Å². The molecule has 1 aliphatic heterocycles. The smallest absolute Gasteiger partial charge is 0.126 e. The molecule has 2 N–H and O–H groups in total. The van der Waals surface area contributed by atoms with Gasteiger partial charge in [0.2, 0.25) is 0 Å². The number of aromatic amines is 1. The van der Waals surface area contributed by atoms with E-state index in [0.29, 0.717) is 12.0 Å². The van der Waals surface area contributed by atoms with E-state index >= 15 is 0 Å². The lowest BCUT2D eigenvalue weighted by atomic mass is 10.1. The van der Waals surface area contributed by atoms with Crippen molar-refractivity contribution in [3.63, 3.8) is 0 Å². The van der Waals surface area contributed by atoms with Crippen LogP contribution in [-0.2, 0) is 13.0 Å². The summed E-state index contributed by atoms with van der Waals surface area (Å²) in [7, 11) is 2.17. The quantitative estimate of drug-likeness (QED) is 0.247. The summed E-state index contributed by atoms with van der Waals surface area (Å²) in [5.41, 5.74) is 5.80. The molecule has 0 amide bonds. The van der Waals surface area contributed by atoms with Crippen molar-refractivity contribution in [2.24, 2.45) is 0 Å². The Labute approximate surface area is 227 Å². The molecule has 0 bridgehead atoms. The number of H-pyrrole nitrogens is 1. The highest BCUT2D eigenvalue weighted by atomic mass is 19.1. The standard InChI is InChI=1S/C14H20N2.C11H11N.C9H9F/c1-12(14-9-6-10-16(14)2)15-11-13-7-4-3-5-8-13;1-2-5-10-8-9-6-3-4-7-11(9)12-10;10-9-4-2-1-3-8(9)7-5-6-7/h3-5,7-8,14-15H,1,6,9-11H2,2H3;2-4,6-8,12H,1,5H2;1-4,7H,5-6H2. The Hall–Kier alpha value is -3.63. The second-order valence-corrected chi connectivity index (χ2v) is 10.2. The number of halogens is 1. The number of aromatic nitrogens is 1. The molecule has 2 heterocycles. The second kappa shape index (κ2) is 13.8. The molecule has 1 aromatic heterocycles. The molecular formula is C34H40FN3. The lowest BCUT2D eigenvalue weighted by Gasteiger charge is -2.22. The van der Waals surface area contributed by atoms with E-state index in [4.69, 9.17) is 0 Å². The van der Waals surface area contributed by atoms with Crippen molar-refractivity contribution in [1.82, 2.24) is 15.2 Å². The van der Waals surface area contributed by atoms with Gasteiger partial charge in [-0.05, 0) is 79.9 Å². The van der Waals surface area contributed by atoms with Crippen LogP contribution in [0, 0.1) is 5.82 Å². The molecule has 1 saturated heterocycles. The Morgan fingerprint density at radius 1 is 1.00 bits per heavy atom. The molecule has 1 saturated carbocycles. The number of nitrogens with one attached hydrogen (secondary N) is 2. The second-order valence-electron chi connectivity index (χ2n) is 10.2. The number of likely N-dealkylation sites (N-methyl/N-ethyl adjacent to an activating group) is 1. The largest absolute Gasteiger partial charge is 0.383 e. The summed E-state index contributed by atoms with van der Waals surface area (Å²) in [4.78, 5) is 5.70. The van der Waals surface area contributed by atoms with Crippen molar-refractivity contribution in [2.75, 3.05) is 13.6 Å². The summed E-state index contributed by atoms with van der Waals surface area (Å²) in [6.07, 6.45) is 7.67. The van der Waals surface area contributed by atoms with E-state index in [-0.39, 0.29) is 5.82 Å². The highest BCUT2D eigenvalue weighted by Gasteiger charge is 2.25. The molecule has 1 atom stereocenters. The van der Waals surface area contributed by atoms with Crippen LogP contribution in [0.2, 0.25) is 0 Å². The van der Waals surface area contributed by atoms with Gasteiger partial charge in [0.1, 0.15) is 5.82 Å². The molecule has 3 aromatic carbocycles. The Kier molecular flexibility index (Phi) is 9.94. The van der Waals surface area contributed by atoms with E-state index in [1.54, 1.807) is 6.07 Å². The van der Waals surface area contributed by atoms with Gasteiger partial charge in [-0.25, -0.2) is 4.39 Å². The number of likely N-dealkylation sites (tertiary alicyclic amines) is 1. The summed E-state index contributed by atoms with van der Waals surface area (Å²) >= 11 is 0. The van der Waals surface area contributed by atoms with Gasteiger partial charge in [0.25, 0.3) is 0 Å². The van der Waals surface area contributed by atoms with Crippen LogP contribution >= 0.6 is 0 Å². The zero-order valence-electron chi connectivity index (χ0n) is 22.5. The summed E-state index contributed by atoms with van der Waals surface area (Å²) in [6, 6.07) is 28.5. The van der Waals surface area contributed by atoms with E-state index in [2.05, 4.69) is 77.9 Å². The minimum absolute atomic E-state index is 0.0370. The number of nitrogens with zero attached hydrogens (tertiary/aromatic N) is 1. The monoisotopic (exact) mass is 509 g/mol. The SMILES string of the molecule is C=C(NCc1ccccc1)C1CCCN1C.C=CCc1cc2ccccc2[nH]1.Fc1ccccc1C1CC1. The zero-order valence-corrected chi connectivity index (χ0v) is 22.5. The van der Waals surface area contributed by atoms with Crippen LogP contribution in [0.5, 0.6) is 0 Å². The van der Waals surface area contributed by atoms with Gasteiger partial charge in [-0.2, -0.15) is 0 Å². The number of para-hydroxylation sites is 1. The molecule has 38 heavy (non-hydrogen) atoms. The fourth-order valence-corrected chi connectivity index (χ4v) is 4.88. The van der Waals surface area contributed by atoms with Crippen molar-refractivity contribution in [2.45, 2.75) is 50.6 Å². The molecule has 3 nitrogen and oxygen atoms in total. The van der Waals surface area contributed by atoms with Crippen molar-refractivity contribution in [3.8, 4) is 0 Å². The number of hydrogen-bond donors (Lipinski definition) is 2. The van der Waals surface area contributed by atoms with Gasteiger partial charge in [-0.15, -0.1) is 6.58 Å². The van der Waals surface area contributed by atoms with Gasteiger partial charge in [-0.1, -0.05) is 79.4 Å². The molecule has 4 aromatic rings. The van der Waals surface area contributed by atoms with Crippen molar-refractivity contribution < 1.29 is 4.39 Å².